The Hall–Kier alpha value is -4.63. The molecule has 1 fully saturated rings. The molecule has 2 aliphatic carbocycles. The van der Waals surface area contributed by atoms with Crippen LogP contribution < -0.4 is 15.1 Å². The van der Waals surface area contributed by atoms with E-state index in [0.717, 1.165) is 47.0 Å². The van der Waals surface area contributed by atoms with Crippen LogP contribution in [0, 0.1) is 5.92 Å². The molecule has 2 bridgehead atoms. The van der Waals surface area contributed by atoms with E-state index in [9.17, 15) is 19.5 Å². The van der Waals surface area contributed by atoms with Crippen molar-refractivity contribution in [1.82, 2.24) is 4.90 Å². The molecule has 248 valence electrons. The van der Waals surface area contributed by atoms with Crippen molar-refractivity contribution in [1.29, 1.82) is 0 Å². The average molecular weight is 642 g/mol. The zero-order chi connectivity index (χ0) is 33.9. The minimum absolute atomic E-state index is 0.00465. The first-order valence-electron chi connectivity index (χ1n) is 15.9. The molecule has 0 spiro atoms. The maximum atomic E-state index is 12.6. The molecule has 9 heteroatoms. The number of hydrogen-bond donors (Lipinski definition) is 1. The lowest BCUT2D eigenvalue weighted by atomic mass is 9.53. The minimum Gasteiger partial charge on any atom is -0.504 e. The molecule has 0 radical (unpaired) electrons. The van der Waals surface area contributed by atoms with Gasteiger partial charge in [-0.3, -0.25) is 9.59 Å². The third-order valence-corrected chi connectivity index (χ3v) is 9.38. The molecule has 3 atom stereocenters. The zero-order valence-electron chi connectivity index (χ0n) is 27.9. The minimum atomic E-state index is -0.383. The van der Waals surface area contributed by atoms with Crippen LogP contribution in [0.2, 0.25) is 0 Å². The number of likely N-dealkylation sites (tertiary alicyclic amines) is 1. The first kappa shape index (κ1) is 33.7. The fourth-order valence-electron chi connectivity index (χ4n) is 7.13. The Morgan fingerprint density at radius 1 is 1.06 bits per heavy atom. The van der Waals surface area contributed by atoms with E-state index >= 15 is 0 Å². The maximum Gasteiger partial charge on any atom is 0.336 e. The highest BCUT2D eigenvalue weighted by molar-refractivity contribution is 6.00. The zero-order valence-corrected chi connectivity index (χ0v) is 27.9. The summed E-state index contributed by atoms with van der Waals surface area (Å²) in [5.41, 5.74) is 3.74. The molecule has 3 aliphatic rings. The predicted octanol–water partition coefficient (Wildman–Crippen LogP) is 6.06. The molecule has 3 aromatic rings. The van der Waals surface area contributed by atoms with Crippen molar-refractivity contribution in [3.05, 3.63) is 99.1 Å². The lowest BCUT2D eigenvalue weighted by Crippen LogP contribution is -2.60. The molecule has 1 aliphatic heterocycles. The molecular formula is C38H43NO8. The van der Waals surface area contributed by atoms with Crippen LogP contribution in [0.5, 0.6) is 17.2 Å². The number of Topliss-reactive ketones (excluding diaryl/α,β-unsaturated/α-hetero) is 1. The predicted molar refractivity (Wildman–Crippen MR) is 180 cm³/mol. The van der Waals surface area contributed by atoms with Crippen molar-refractivity contribution in [3.8, 4) is 17.2 Å². The van der Waals surface area contributed by atoms with Gasteiger partial charge in [0.2, 0.25) is 0 Å². The molecule has 0 saturated carbocycles. The topological polar surface area (TPSA) is 116 Å². The Morgan fingerprint density at radius 3 is 2.55 bits per heavy atom. The molecule has 1 unspecified atom stereocenters. The standard InChI is InChI=1S/C19H23NO4.C19H20O4/c1-20-7-6-19-10-14(21)16(24-3)9-12(19)13(20)8-11-4-5-15(23-2)18(22)17(11)19;1-13(2)10-16(20)11-14(3)8-9-22-17-6-4-15-5-7-19(21)23-18(15)12-17/h4-5,9,12-13,22H,6-8,10H2,1-3H3;4-7,10-12H,8-9H2,1-3H3/b;14-11+/t12?,13-,19+;/m0./s1. The highest BCUT2D eigenvalue weighted by Gasteiger charge is 2.56. The van der Waals surface area contributed by atoms with Crippen LogP contribution in [-0.4, -0.2) is 62.0 Å². The van der Waals surface area contributed by atoms with E-state index in [1.807, 2.05) is 51.1 Å². The van der Waals surface area contributed by atoms with Gasteiger partial charge in [0.1, 0.15) is 11.3 Å². The van der Waals surface area contributed by atoms with Gasteiger partial charge in [0, 0.05) is 53.3 Å². The Bertz CT molecular complexity index is 1830. The van der Waals surface area contributed by atoms with Crippen LogP contribution >= 0.6 is 0 Å². The summed E-state index contributed by atoms with van der Waals surface area (Å²) >= 11 is 0. The van der Waals surface area contributed by atoms with Crippen molar-refractivity contribution in [2.24, 2.45) is 5.92 Å². The van der Waals surface area contributed by atoms with Gasteiger partial charge >= 0.3 is 5.63 Å². The van der Waals surface area contributed by atoms with E-state index in [2.05, 4.69) is 11.9 Å². The molecule has 0 amide bonds. The smallest absolute Gasteiger partial charge is 0.336 e. The number of allylic oxidation sites excluding steroid dienone is 4. The summed E-state index contributed by atoms with van der Waals surface area (Å²) in [5, 5.41) is 11.7. The first-order valence-corrected chi connectivity index (χ1v) is 15.9. The van der Waals surface area contributed by atoms with Gasteiger partial charge in [-0.05, 0) is 95.3 Å². The van der Waals surface area contributed by atoms with E-state index < -0.39 is 0 Å². The van der Waals surface area contributed by atoms with Crippen LogP contribution in [0.1, 0.15) is 51.2 Å². The number of ketones is 2. The van der Waals surface area contributed by atoms with Gasteiger partial charge < -0.3 is 28.6 Å². The summed E-state index contributed by atoms with van der Waals surface area (Å²) in [4.78, 5) is 37.8. The number of ether oxygens (including phenoxy) is 3. The number of phenolic OH excluding ortho intramolecular Hbond substituents is 1. The molecule has 6 rings (SSSR count). The van der Waals surface area contributed by atoms with Crippen LogP contribution in [0.4, 0.5) is 0 Å². The number of carbonyl (C=O) groups is 2. The van der Waals surface area contributed by atoms with Crippen LogP contribution in [0.15, 0.2) is 86.8 Å². The van der Waals surface area contributed by atoms with Crippen LogP contribution in [0.25, 0.3) is 11.0 Å². The van der Waals surface area contributed by atoms with E-state index in [-0.39, 0.29) is 34.3 Å². The summed E-state index contributed by atoms with van der Waals surface area (Å²) in [6.45, 7) is 7.05. The Labute approximate surface area is 275 Å². The summed E-state index contributed by atoms with van der Waals surface area (Å²) in [7, 11) is 5.25. The largest absolute Gasteiger partial charge is 0.504 e. The summed E-state index contributed by atoms with van der Waals surface area (Å²) in [5.74, 6) is 1.95. The second-order valence-electron chi connectivity index (χ2n) is 12.8. The van der Waals surface area contributed by atoms with Crippen molar-refractivity contribution in [3.63, 3.8) is 0 Å². The number of fused-ring (bicyclic) bond motifs is 2. The molecule has 9 nitrogen and oxygen atoms in total. The molecule has 47 heavy (non-hydrogen) atoms. The summed E-state index contributed by atoms with van der Waals surface area (Å²) < 4.78 is 21.4. The van der Waals surface area contributed by atoms with Crippen molar-refractivity contribution < 1.29 is 33.3 Å². The normalized spacial score (nSPS) is 21.8. The molecule has 2 heterocycles. The highest BCUT2D eigenvalue weighted by atomic mass is 16.5. The fourth-order valence-corrected chi connectivity index (χ4v) is 7.13. The Morgan fingerprint density at radius 2 is 1.83 bits per heavy atom. The molecule has 2 aromatic carbocycles. The number of piperidine rings is 1. The van der Waals surface area contributed by atoms with Gasteiger partial charge in [0.15, 0.2) is 28.8 Å². The van der Waals surface area contributed by atoms with Crippen molar-refractivity contribution in [2.45, 2.75) is 57.9 Å². The highest BCUT2D eigenvalue weighted by Crippen LogP contribution is 2.57. The second kappa shape index (κ2) is 14.0. The maximum absolute atomic E-state index is 12.6. The number of methoxy groups -OCH3 is 2. The monoisotopic (exact) mass is 641 g/mol. The average Bonchev–Trinajstić information content (AvgIpc) is 3.02. The van der Waals surface area contributed by atoms with E-state index in [1.54, 1.807) is 38.5 Å². The number of likely N-dealkylation sites (N-methyl/N-ethyl adjacent to an activating group) is 1. The van der Waals surface area contributed by atoms with Gasteiger partial charge in [-0.1, -0.05) is 17.2 Å². The summed E-state index contributed by atoms with van der Waals surface area (Å²) in [6.07, 6.45) is 7.96. The number of aromatic hydroxyl groups is 1. The fraction of sp³-hybridized carbons (Fsp3) is 0.395. The number of phenols is 1. The van der Waals surface area contributed by atoms with E-state index in [0.29, 0.717) is 48.3 Å². The third-order valence-electron chi connectivity index (χ3n) is 9.38. The number of rotatable bonds is 8. The quantitative estimate of drug-likeness (QED) is 0.231. The van der Waals surface area contributed by atoms with Gasteiger partial charge in [0.05, 0.1) is 20.8 Å². The van der Waals surface area contributed by atoms with Crippen LogP contribution in [-0.2, 0) is 26.2 Å². The molecule has 1 aromatic heterocycles. The molecule has 1 saturated heterocycles. The molecule has 1 N–H and O–H groups in total. The second-order valence-corrected chi connectivity index (χ2v) is 12.8. The number of hydrogen-bond acceptors (Lipinski definition) is 9. The Kier molecular flexibility index (Phi) is 10.1. The number of carbonyl (C=O) groups excluding carboxylic acids is 2. The van der Waals surface area contributed by atoms with Crippen LogP contribution in [0.3, 0.4) is 0 Å². The van der Waals surface area contributed by atoms with Gasteiger partial charge in [-0.15, -0.1) is 0 Å². The first-order chi connectivity index (χ1) is 22.4. The number of nitrogens with zero attached hydrogens (tertiary/aromatic N) is 1. The Balaban J connectivity index is 0.000000185. The lowest BCUT2D eigenvalue weighted by Gasteiger charge is -2.56. The van der Waals surface area contributed by atoms with Gasteiger partial charge in [-0.25, -0.2) is 4.79 Å². The summed E-state index contributed by atoms with van der Waals surface area (Å²) in [6, 6.07) is 12.7. The molecular weight excluding hydrogens is 598 g/mol. The van der Waals surface area contributed by atoms with E-state index in [1.165, 1.54) is 6.07 Å². The van der Waals surface area contributed by atoms with Crippen molar-refractivity contribution in [2.75, 3.05) is 34.4 Å². The van der Waals surface area contributed by atoms with Gasteiger partial charge in [-0.2, -0.15) is 0 Å². The number of benzene rings is 2. The third kappa shape index (κ3) is 7.05. The van der Waals surface area contributed by atoms with Crippen molar-refractivity contribution >= 4 is 22.5 Å². The lowest BCUT2D eigenvalue weighted by molar-refractivity contribution is -0.122. The van der Waals surface area contributed by atoms with Gasteiger partial charge in [0.25, 0.3) is 0 Å². The van der Waals surface area contributed by atoms with E-state index in [4.69, 9.17) is 18.6 Å². The SMILES string of the molecule is CC(C)=CC(=O)/C=C(\C)CCOc1ccc2ccc(=O)oc2c1.COC1=CC2[C@@H]3Cc4ccc(OC)c(O)c4[C@]2(CCN3C)CC1=O.